The molecule has 25 heavy (non-hydrogen) atoms. The van der Waals surface area contributed by atoms with Crippen molar-refractivity contribution < 1.29 is 0 Å². The second kappa shape index (κ2) is 7.42. The lowest BCUT2D eigenvalue weighted by Gasteiger charge is -2.20. The van der Waals surface area contributed by atoms with E-state index in [9.17, 15) is 4.79 Å². The number of likely N-dealkylation sites (N-methyl/N-ethyl adjacent to an activating group) is 1. The molecular formula is C19H23ClN4O. The van der Waals surface area contributed by atoms with E-state index in [4.69, 9.17) is 16.6 Å². The summed E-state index contributed by atoms with van der Waals surface area (Å²) in [6.07, 6.45) is 1.80. The molecule has 6 heteroatoms. The summed E-state index contributed by atoms with van der Waals surface area (Å²) in [6, 6.07) is 9.17. The number of aromatic nitrogens is 3. The molecule has 0 unspecified atom stereocenters. The van der Waals surface area contributed by atoms with Gasteiger partial charge in [-0.05, 0) is 32.1 Å². The molecule has 0 bridgehead atoms. The van der Waals surface area contributed by atoms with Gasteiger partial charge >= 0.3 is 0 Å². The molecule has 2 heterocycles. The first-order valence-corrected chi connectivity index (χ1v) is 8.99. The van der Waals surface area contributed by atoms with Crippen molar-refractivity contribution in [2.45, 2.75) is 27.3 Å². The zero-order valence-corrected chi connectivity index (χ0v) is 15.6. The highest BCUT2D eigenvalue weighted by Gasteiger charge is 2.12. The standard InChI is InChI=1S/C19H23ClN4O/c1-4-22(5-2)10-11-23-14(3)12-18(25)24-13-17(21-19(23)24)15-6-8-16(20)9-7-15/h6-9,12-13H,4-5,10-11H2,1-3H3. The smallest absolute Gasteiger partial charge is 0.259 e. The van der Waals surface area contributed by atoms with E-state index in [0.29, 0.717) is 10.8 Å². The van der Waals surface area contributed by atoms with Gasteiger partial charge in [-0.2, -0.15) is 0 Å². The number of fused-ring (bicyclic) bond motifs is 1. The highest BCUT2D eigenvalue weighted by molar-refractivity contribution is 6.30. The van der Waals surface area contributed by atoms with Gasteiger partial charge in [0.05, 0.1) is 5.69 Å². The Hall–Kier alpha value is -2.11. The molecule has 3 rings (SSSR count). The van der Waals surface area contributed by atoms with Gasteiger partial charge in [-0.25, -0.2) is 4.98 Å². The minimum atomic E-state index is -0.0562. The second-order valence-corrected chi connectivity index (χ2v) is 6.54. The van der Waals surface area contributed by atoms with E-state index < -0.39 is 0 Å². The molecule has 0 atom stereocenters. The molecule has 2 aromatic heterocycles. The highest BCUT2D eigenvalue weighted by Crippen LogP contribution is 2.21. The van der Waals surface area contributed by atoms with Gasteiger partial charge in [0.1, 0.15) is 0 Å². The summed E-state index contributed by atoms with van der Waals surface area (Å²) in [5.41, 5.74) is 2.59. The topological polar surface area (TPSA) is 42.5 Å². The Bertz CT molecular complexity index is 923. The van der Waals surface area contributed by atoms with Crippen molar-refractivity contribution in [1.29, 1.82) is 0 Å². The lowest BCUT2D eigenvalue weighted by molar-refractivity contribution is 0.290. The van der Waals surface area contributed by atoms with Gasteiger partial charge in [-0.15, -0.1) is 0 Å². The summed E-state index contributed by atoms with van der Waals surface area (Å²) in [7, 11) is 0. The molecule has 0 saturated heterocycles. The van der Waals surface area contributed by atoms with Crippen LogP contribution >= 0.6 is 11.6 Å². The van der Waals surface area contributed by atoms with Crippen molar-refractivity contribution in [3.05, 3.63) is 57.6 Å². The molecule has 0 aliphatic heterocycles. The maximum atomic E-state index is 12.4. The molecule has 0 aliphatic rings. The van der Waals surface area contributed by atoms with Crippen LogP contribution in [0.15, 0.2) is 41.3 Å². The predicted molar refractivity (Wildman–Crippen MR) is 102 cm³/mol. The molecule has 0 spiro atoms. The van der Waals surface area contributed by atoms with Crippen molar-refractivity contribution in [1.82, 2.24) is 18.9 Å². The number of rotatable bonds is 6. The fourth-order valence-corrected chi connectivity index (χ4v) is 3.15. The van der Waals surface area contributed by atoms with E-state index in [1.54, 1.807) is 16.7 Å². The van der Waals surface area contributed by atoms with Gasteiger partial charge in [0.15, 0.2) is 0 Å². The first kappa shape index (κ1) is 17.7. The van der Waals surface area contributed by atoms with Crippen molar-refractivity contribution in [2.75, 3.05) is 19.6 Å². The SMILES string of the molecule is CCN(CC)CCn1c(C)cc(=O)n2cc(-c3ccc(Cl)cc3)nc12. The summed E-state index contributed by atoms with van der Waals surface area (Å²) in [4.78, 5) is 19.5. The van der Waals surface area contributed by atoms with Crippen LogP contribution in [-0.2, 0) is 6.54 Å². The number of hydrogen-bond acceptors (Lipinski definition) is 3. The van der Waals surface area contributed by atoms with E-state index in [-0.39, 0.29) is 5.56 Å². The third kappa shape index (κ3) is 3.62. The molecule has 5 nitrogen and oxygen atoms in total. The Morgan fingerprint density at radius 3 is 2.48 bits per heavy atom. The van der Waals surface area contributed by atoms with Crippen LogP contribution < -0.4 is 5.56 Å². The van der Waals surface area contributed by atoms with E-state index >= 15 is 0 Å². The maximum absolute atomic E-state index is 12.4. The number of imidazole rings is 1. The Kier molecular flexibility index (Phi) is 5.25. The Morgan fingerprint density at radius 2 is 1.84 bits per heavy atom. The average Bonchev–Trinajstić information content (AvgIpc) is 3.04. The van der Waals surface area contributed by atoms with Gasteiger partial charge in [0.2, 0.25) is 5.78 Å². The molecule has 132 valence electrons. The number of halogens is 1. The number of benzene rings is 1. The molecule has 1 aromatic carbocycles. The van der Waals surface area contributed by atoms with Crippen LogP contribution in [0.1, 0.15) is 19.5 Å². The van der Waals surface area contributed by atoms with E-state index in [1.165, 1.54) is 0 Å². The zero-order valence-electron chi connectivity index (χ0n) is 14.9. The fraction of sp³-hybridized carbons (Fsp3) is 0.368. The summed E-state index contributed by atoms with van der Waals surface area (Å²) in [5, 5.41) is 0.683. The lowest BCUT2D eigenvalue weighted by Crippen LogP contribution is -2.29. The predicted octanol–water partition coefficient (Wildman–Crippen LogP) is 3.47. The van der Waals surface area contributed by atoms with Gasteiger partial charge in [-0.3, -0.25) is 9.20 Å². The Morgan fingerprint density at radius 1 is 1.16 bits per heavy atom. The Labute approximate surface area is 152 Å². The maximum Gasteiger partial charge on any atom is 0.259 e. The molecule has 3 aromatic rings. The van der Waals surface area contributed by atoms with Crippen LogP contribution in [0.25, 0.3) is 17.0 Å². The number of hydrogen-bond donors (Lipinski definition) is 0. The third-order valence-electron chi connectivity index (χ3n) is 4.60. The van der Waals surface area contributed by atoms with Gasteiger partial charge in [0, 0.05) is 41.6 Å². The average molecular weight is 359 g/mol. The largest absolute Gasteiger partial charge is 0.314 e. The molecule has 0 N–H and O–H groups in total. The molecule has 0 fully saturated rings. The van der Waals surface area contributed by atoms with Crippen LogP contribution in [0.2, 0.25) is 5.02 Å². The fourth-order valence-electron chi connectivity index (χ4n) is 3.02. The van der Waals surface area contributed by atoms with Gasteiger partial charge in [-0.1, -0.05) is 37.6 Å². The van der Waals surface area contributed by atoms with Gasteiger partial charge < -0.3 is 9.47 Å². The molecule has 0 aliphatic carbocycles. The van der Waals surface area contributed by atoms with Crippen LogP contribution in [0.3, 0.4) is 0 Å². The van der Waals surface area contributed by atoms with Crippen LogP contribution in [-0.4, -0.2) is 38.5 Å². The third-order valence-corrected chi connectivity index (χ3v) is 4.85. The second-order valence-electron chi connectivity index (χ2n) is 6.11. The normalized spacial score (nSPS) is 11.6. The van der Waals surface area contributed by atoms with Crippen molar-refractivity contribution in [2.24, 2.45) is 0 Å². The Balaban J connectivity index is 2.05. The summed E-state index contributed by atoms with van der Waals surface area (Å²) < 4.78 is 3.73. The zero-order chi connectivity index (χ0) is 18.0. The lowest BCUT2D eigenvalue weighted by atomic mass is 10.2. The quantitative estimate of drug-likeness (QED) is 0.677. The molecule has 0 saturated carbocycles. The first-order valence-electron chi connectivity index (χ1n) is 8.61. The molecule has 0 radical (unpaired) electrons. The van der Waals surface area contributed by atoms with E-state index in [0.717, 1.165) is 43.1 Å². The van der Waals surface area contributed by atoms with Crippen LogP contribution in [0.4, 0.5) is 0 Å². The summed E-state index contributed by atoms with van der Waals surface area (Å²) in [5.74, 6) is 0.683. The number of aryl methyl sites for hydroxylation is 1. The minimum absolute atomic E-state index is 0.0562. The van der Waals surface area contributed by atoms with Crippen molar-refractivity contribution in [3.63, 3.8) is 0 Å². The highest BCUT2D eigenvalue weighted by atomic mass is 35.5. The molecule has 0 amide bonds. The number of nitrogens with zero attached hydrogens (tertiary/aromatic N) is 4. The van der Waals surface area contributed by atoms with Crippen molar-refractivity contribution in [3.8, 4) is 11.3 Å². The van der Waals surface area contributed by atoms with Gasteiger partial charge in [0.25, 0.3) is 5.56 Å². The summed E-state index contributed by atoms with van der Waals surface area (Å²) in [6.45, 7) is 10.0. The van der Waals surface area contributed by atoms with E-state index in [2.05, 4.69) is 23.3 Å². The van der Waals surface area contributed by atoms with Crippen molar-refractivity contribution >= 4 is 17.4 Å². The molecular weight excluding hydrogens is 336 g/mol. The monoisotopic (exact) mass is 358 g/mol. The van der Waals surface area contributed by atoms with Crippen LogP contribution in [0.5, 0.6) is 0 Å². The van der Waals surface area contributed by atoms with E-state index in [1.807, 2.05) is 31.2 Å². The van der Waals surface area contributed by atoms with Crippen LogP contribution in [0, 0.1) is 6.92 Å². The minimum Gasteiger partial charge on any atom is -0.314 e. The first-order chi connectivity index (χ1) is 12.0. The summed E-state index contributed by atoms with van der Waals surface area (Å²) >= 11 is 5.96.